The number of carbonyl (C=O) groups excluding carboxylic acids is 1. The molecule has 0 atom stereocenters. The number of aryl methyl sites for hydroxylation is 2. The molecule has 0 unspecified atom stereocenters. The van der Waals surface area contributed by atoms with Gasteiger partial charge in [-0.2, -0.15) is 0 Å². The molecule has 0 aliphatic rings. The Morgan fingerprint density at radius 1 is 1.25 bits per heavy atom. The standard InChI is InChI=1S/C15H12BrClFNO/c1-8-6-10(7-9(2)13(8)16)19-15(20)11-4-3-5-12(17)14(11)18/h3-7H,1-2H3,(H,19,20). The van der Waals surface area contributed by atoms with Crippen molar-refractivity contribution in [2.45, 2.75) is 13.8 Å². The highest BCUT2D eigenvalue weighted by Gasteiger charge is 2.14. The third-order valence-corrected chi connectivity index (χ3v) is 4.43. The molecule has 0 bridgehead atoms. The summed E-state index contributed by atoms with van der Waals surface area (Å²) < 4.78 is 14.8. The summed E-state index contributed by atoms with van der Waals surface area (Å²) in [6.45, 7) is 3.85. The molecule has 0 aliphatic carbocycles. The molecule has 1 N–H and O–H groups in total. The van der Waals surface area contributed by atoms with Crippen LogP contribution in [0.1, 0.15) is 21.5 Å². The van der Waals surface area contributed by atoms with Gasteiger partial charge in [0.05, 0.1) is 10.6 Å². The van der Waals surface area contributed by atoms with Gasteiger partial charge in [0.2, 0.25) is 0 Å². The van der Waals surface area contributed by atoms with Crippen LogP contribution in [-0.4, -0.2) is 5.91 Å². The summed E-state index contributed by atoms with van der Waals surface area (Å²) in [6.07, 6.45) is 0. The SMILES string of the molecule is Cc1cc(NC(=O)c2cccc(Cl)c2F)cc(C)c1Br. The quantitative estimate of drug-likeness (QED) is 0.796. The molecular weight excluding hydrogens is 345 g/mol. The lowest BCUT2D eigenvalue weighted by Crippen LogP contribution is -2.14. The number of hydrogen-bond acceptors (Lipinski definition) is 1. The molecule has 0 saturated carbocycles. The van der Waals surface area contributed by atoms with Gasteiger partial charge in [0.25, 0.3) is 5.91 Å². The molecule has 0 aromatic heterocycles. The monoisotopic (exact) mass is 355 g/mol. The molecule has 0 saturated heterocycles. The Hall–Kier alpha value is -1.39. The second-order valence-electron chi connectivity index (χ2n) is 4.48. The Morgan fingerprint density at radius 3 is 2.45 bits per heavy atom. The number of anilines is 1. The summed E-state index contributed by atoms with van der Waals surface area (Å²) in [6, 6.07) is 7.98. The van der Waals surface area contributed by atoms with Crippen LogP contribution in [0.15, 0.2) is 34.8 Å². The Morgan fingerprint density at radius 2 is 1.85 bits per heavy atom. The Balaban J connectivity index is 2.30. The average molecular weight is 357 g/mol. The molecule has 20 heavy (non-hydrogen) atoms. The molecule has 2 aromatic rings. The van der Waals surface area contributed by atoms with Crippen molar-refractivity contribution in [3.05, 3.63) is 62.3 Å². The molecule has 0 radical (unpaired) electrons. The molecule has 2 rings (SSSR count). The van der Waals surface area contributed by atoms with Crippen LogP contribution < -0.4 is 5.32 Å². The van der Waals surface area contributed by atoms with Gasteiger partial charge in [-0.3, -0.25) is 4.79 Å². The van der Waals surface area contributed by atoms with E-state index in [1.165, 1.54) is 12.1 Å². The molecule has 5 heteroatoms. The maximum absolute atomic E-state index is 13.8. The molecule has 0 fully saturated rings. The largest absolute Gasteiger partial charge is 0.322 e. The van der Waals surface area contributed by atoms with Crippen molar-refractivity contribution in [2.75, 3.05) is 5.32 Å². The summed E-state index contributed by atoms with van der Waals surface area (Å²) >= 11 is 9.13. The van der Waals surface area contributed by atoms with E-state index in [0.29, 0.717) is 5.69 Å². The van der Waals surface area contributed by atoms with E-state index in [4.69, 9.17) is 11.6 Å². The van der Waals surface area contributed by atoms with E-state index in [9.17, 15) is 9.18 Å². The third-order valence-electron chi connectivity index (χ3n) is 2.89. The minimum Gasteiger partial charge on any atom is -0.322 e. The van der Waals surface area contributed by atoms with Crippen molar-refractivity contribution < 1.29 is 9.18 Å². The zero-order valence-electron chi connectivity index (χ0n) is 10.9. The Kier molecular flexibility index (Phi) is 4.45. The third kappa shape index (κ3) is 3.02. The minimum absolute atomic E-state index is 0.0687. The van der Waals surface area contributed by atoms with Gasteiger partial charge >= 0.3 is 0 Å². The Labute approximate surface area is 130 Å². The highest BCUT2D eigenvalue weighted by Crippen LogP contribution is 2.26. The lowest BCUT2D eigenvalue weighted by molar-refractivity contribution is 0.102. The molecule has 2 aromatic carbocycles. The maximum atomic E-state index is 13.8. The predicted octanol–water partition coefficient (Wildman–Crippen LogP) is 5.11. The van der Waals surface area contributed by atoms with E-state index in [0.717, 1.165) is 15.6 Å². The number of hydrogen-bond donors (Lipinski definition) is 1. The lowest BCUT2D eigenvalue weighted by atomic mass is 10.1. The fourth-order valence-corrected chi connectivity index (χ4v) is 2.30. The van der Waals surface area contributed by atoms with Crippen molar-refractivity contribution >= 4 is 39.1 Å². The van der Waals surface area contributed by atoms with E-state index >= 15 is 0 Å². The van der Waals surface area contributed by atoms with Crippen molar-refractivity contribution in [2.24, 2.45) is 0 Å². The van der Waals surface area contributed by atoms with Crippen LogP contribution >= 0.6 is 27.5 Å². The molecule has 2 nitrogen and oxygen atoms in total. The van der Waals surface area contributed by atoms with Crippen molar-refractivity contribution in [1.82, 2.24) is 0 Å². The number of rotatable bonds is 2. The average Bonchev–Trinajstić information content (AvgIpc) is 2.39. The van der Waals surface area contributed by atoms with E-state index < -0.39 is 11.7 Å². The number of benzene rings is 2. The van der Waals surface area contributed by atoms with Gasteiger partial charge < -0.3 is 5.32 Å². The highest BCUT2D eigenvalue weighted by atomic mass is 79.9. The van der Waals surface area contributed by atoms with Crippen LogP contribution in [0.4, 0.5) is 10.1 Å². The number of amides is 1. The summed E-state index contributed by atoms with van der Waals surface area (Å²) in [5.74, 6) is -1.23. The van der Waals surface area contributed by atoms with Crippen LogP contribution in [0.25, 0.3) is 0 Å². The molecule has 0 aliphatic heterocycles. The molecule has 104 valence electrons. The first kappa shape index (κ1) is 15.0. The van der Waals surface area contributed by atoms with Gasteiger partial charge in [-0.15, -0.1) is 0 Å². The number of halogens is 3. The van der Waals surface area contributed by atoms with Crippen molar-refractivity contribution in [3.63, 3.8) is 0 Å². The Bertz CT molecular complexity index is 665. The molecule has 1 amide bonds. The number of carbonyl (C=O) groups is 1. The van der Waals surface area contributed by atoms with Crippen molar-refractivity contribution in [1.29, 1.82) is 0 Å². The van der Waals surface area contributed by atoms with E-state index in [1.54, 1.807) is 6.07 Å². The van der Waals surface area contributed by atoms with Crippen LogP contribution in [0.2, 0.25) is 5.02 Å². The second-order valence-corrected chi connectivity index (χ2v) is 5.68. The lowest BCUT2D eigenvalue weighted by Gasteiger charge is -2.10. The topological polar surface area (TPSA) is 29.1 Å². The van der Waals surface area contributed by atoms with Gasteiger partial charge in [0, 0.05) is 10.2 Å². The molecular formula is C15H12BrClFNO. The maximum Gasteiger partial charge on any atom is 0.258 e. The van der Waals surface area contributed by atoms with E-state index in [2.05, 4.69) is 21.2 Å². The minimum atomic E-state index is -0.711. The second kappa shape index (κ2) is 5.94. The smallest absolute Gasteiger partial charge is 0.258 e. The van der Waals surface area contributed by atoms with Gasteiger partial charge in [0.15, 0.2) is 5.82 Å². The first-order valence-electron chi connectivity index (χ1n) is 5.92. The van der Waals surface area contributed by atoms with E-state index in [-0.39, 0.29) is 10.6 Å². The molecule has 0 heterocycles. The van der Waals surface area contributed by atoms with Gasteiger partial charge in [-0.05, 0) is 49.2 Å². The summed E-state index contributed by atoms with van der Waals surface area (Å²) in [7, 11) is 0. The number of nitrogens with one attached hydrogen (secondary N) is 1. The first-order valence-corrected chi connectivity index (χ1v) is 7.09. The zero-order valence-corrected chi connectivity index (χ0v) is 13.3. The fourth-order valence-electron chi connectivity index (χ4n) is 1.90. The summed E-state index contributed by atoms with van der Waals surface area (Å²) in [5.41, 5.74) is 2.53. The highest BCUT2D eigenvalue weighted by molar-refractivity contribution is 9.10. The zero-order chi connectivity index (χ0) is 14.9. The van der Waals surface area contributed by atoms with Crippen LogP contribution in [0, 0.1) is 19.7 Å². The van der Waals surface area contributed by atoms with Gasteiger partial charge in [-0.25, -0.2) is 4.39 Å². The van der Waals surface area contributed by atoms with Crippen LogP contribution in [0.5, 0.6) is 0 Å². The van der Waals surface area contributed by atoms with Crippen LogP contribution in [0.3, 0.4) is 0 Å². The fraction of sp³-hybridized carbons (Fsp3) is 0.133. The summed E-state index contributed by atoms with van der Waals surface area (Å²) in [4.78, 5) is 12.1. The van der Waals surface area contributed by atoms with Gasteiger partial charge in [0.1, 0.15) is 0 Å². The van der Waals surface area contributed by atoms with Crippen LogP contribution in [-0.2, 0) is 0 Å². The summed E-state index contributed by atoms with van der Waals surface area (Å²) in [5, 5.41) is 2.61. The van der Waals surface area contributed by atoms with Gasteiger partial charge in [-0.1, -0.05) is 33.6 Å². The first-order chi connectivity index (χ1) is 9.40. The van der Waals surface area contributed by atoms with E-state index in [1.807, 2.05) is 26.0 Å². The van der Waals surface area contributed by atoms with Crippen molar-refractivity contribution in [3.8, 4) is 0 Å². The normalized spacial score (nSPS) is 10.4. The predicted molar refractivity (Wildman–Crippen MR) is 83.0 cm³/mol. The molecule has 0 spiro atoms.